The number of ether oxygens (including phenoxy) is 1. The summed E-state index contributed by atoms with van der Waals surface area (Å²) in [5, 5.41) is 3.27. The minimum absolute atomic E-state index is 0.162. The van der Waals surface area contributed by atoms with Crippen LogP contribution in [-0.2, 0) is 10.2 Å². The molecule has 0 radical (unpaired) electrons. The summed E-state index contributed by atoms with van der Waals surface area (Å²) in [4.78, 5) is 8.67. The summed E-state index contributed by atoms with van der Waals surface area (Å²) in [7, 11) is 3.65. The molecule has 4 heteroatoms. The molecule has 0 aromatic carbocycles. The summed E-state index contributed by atoms with van der Waals surface area (Å²) >= 11 is 0. The molecule has 2 rings (SSSR count). The maximum Gasteiger partial charge on any atom is 0.115 e. The molecule has 0 fully saturated rings. The molecule has 0 saturated carbocycles. The van der Waals surface area contributed by atoms with Crippen molar-refractivity contribution in [2.75, 3.05) is 20.7 Å². The Bertz CT molecular complexity index is 978. The molecule has 0 amide bonds. The lowest BCUT2D eigenvalue weighted by Gasteiger charge is -2.21. The fraction of sp³-hybridized carbons (Fsp3) is 0.296. The van der Waals surface area contributed by atoms with Crippen LogP contribution in [-0.4, -0.2) is 30.7 Å². The van der Waals surface area contributed by atoms with E-state index in [2.05, 4.69) is 61.6 Å². The van der Waals surface area contributed by atoms with Crippen molar-refractivity contribution in [2.24, 2.45) is 0 Å². The van der Waals surface area contributed by atoms with E-state index in [0.717, 1.165) is 47.1 Å². The number of nitrogens with one attached hydrogen (secondary N) is 2. The van der Waals surface area contributed by atoms with Crippen LogP contribution >= 0.6 is 0 Å². The molecule has 0 spiro atoms. The van der Waals surface area contributed by atoms with Crippen molar-refractivity contribution in [3.8, 4) is 0 Å². The largest absolute Gasteiger partial charge is 0.497 e. The monoisotopic (exact) mass is 417 g/mol. The van der Waals surface area contributed by atoms with Gasteiger partial charge in [0.1, 0.15) is 11.6 Å². The average molecular weight is 418 g/mol. The summed E-state index contributed by atoms with van der Waals surface area (Å²) < 4.78 is 5.31. The van der Waals surface area contributed by atoms with Gasteiger partial charge >= 0.3 is 0 Å². The number of likely N-dealkylation sites (N-methyl/N-ethyl adjacent to an activating group) is 1. The Kier molecular flexibility index (Phi) is 8.83. The summed E-state index contributed by atoms with van der Waals surface area (Å²) in [6.07, 6.45) is 20.8. The van der Waals surface area contributed by atoms with Gasteiger partial charge in [0.25, 0.3) is 0 Å². The lowest BCUT2D eigenvalue weighted by Crippen LogP contribution is -2.31. The fourth-order valence-corrected chi connectivity index (χ4v) is 3.49. The molecule has 1 aromatic heterocycles. The Labute approximate surface area is 187 Å². The smallest absolute Gasteiger partial charge is 0.115 e. The molecule has 164 valence electrons. The Hall–Kier alpha value is -3.11. The first kappa shape index (κ1) is 24.2. The van der Waals surface area contributed by atoms with Gasteiger partial charge in [0.2, 0.25) is 0 Å². The lowest BCUT2D eigenvalue weighted by molar-refractivity contribution is 0.304. The highest BCUT2D eigenvalue weighted by Gasteiger charge is 2.26. The molecule has 1 aliphatic rings. The second kappa shape index (κ2) is 11.3. The van der Waals surface area contributed by atoms with Crippen LogP contribution in [0.3, 0.4) is 0 Å². The number of aromatic amines is 1. The van der Waals surface area contributed by atoms with E-state index < -0.39 is 0 Å². The number of hydrogen-bond acceptors (Lipinski definition) is 3. The fourth-order valence-electron chi connectivity index (χ4n) is 3.49. The Morgan fingerprint density at radius 1 is 1.23 bits per heavy atom. The van der Waals surface area contributed by atoms with E-state index in [1.165, 1.54) is 5.57 Å². The first-order chi connectivity index (χ1) is 14.9. The van der Waals surface area contributed by atoms with E-state index in [-0.39, 0.29) is 5.41 Å². The van der Waals surface area contributed by atoms with E-state index in [0.29, 0.717) is 0 Å². The molecule has 0 atom stereocenters. The van der Waals surface area contributed by atoms with Crippen molar-refractivity contribution in [1.82, 2.24) is 15.3 Å². The quantitative estimate of drug-likeness (QED) is 0.456. The van der Waals surface area contributed by atoms with Gasteiger partial charge in [-0.3, -0.25) is 0 Å². The number of H-pyrrole nitrogens is 1. The van der Waals surface area contributed by atoms with Crippen molar-refractivity contribution < 1.29 is 4.74 Å². The summed E-state index contributed by atoms with van der Waals surface area (Å²) in [5.41, 5.74) is 4.91. The number of allylic oxidation sites excluding steroid dienone is 13. The molecule has 1 aromatic rings. The van der Waals surface area contributed by atoms with Crippen LogP contribution in [0.25, 0.3) is 11.1 Å². The Morgan fingerprint density at radius 2 is 1.94 bits per heavy atom. The predicted octanol–water partition coefficient (Wildman–Crippen LogP) is 6.04. The van der Waals surface area contributed by atoms with E-state index in [9.17, 15) is 0 Å². The van der Waals surface area contributed by atoms with Gasteiger partial charge in [-0.1, -0.05) is 69.5 Å². The van der Waals surface area contributed by atoms with E-state index in [1.807, 2.05) is 38.3 Å². The van der Waals surface area contributed by atoms with Crippen molar-refractivity contribution in [1.29, 1.82) is 0 Å². The van der Waals surface area contributed by atoms with Gasteiger partial charge in [-0.05, 0) is 49.8 Å². The zero-order chi connectivity index (χ0) is 22.9. The minimum Gasteiger partial charge on any atom is -0.497 e. The second-order valence-corrected chi connectivity index (χ2v) is 8.01. The number of methoxy groups -OCH3 is 1. The predicted molar refractivity (Wildman–Crippen MR) is 134 cm³/mol. The molecule has 1 aliphatic carbocycles. The molecule has 0 unspecified atom stereocenters. The second-order valence-electron chi connectivity index (χ2n) is 8.01. The molecule has 0 saturated heterocycles. The van der Waals surface area contributed by atoms with Crippen molar-refractivity contribution >= 4 is 11.1 Å². The molecule has 0 bridgehead atoms. The zero-order valence-electron chi connectivity index (χ0n) is 19.5. The third kappa shape index (κ3) is 6.19. The molecular weight excluding hydrogens is 382 g/mol. The highest BCUT2D eigenvalue weighted by atomic mass is 16.5. The maximum atomic E-state index is 5.31. The SMILES string of the molecule is C=C/C=C(\C=C1\C=CC(OC)=CC1)c1nc(C(C)(C)CNC)[nH]c1C(/C=C\C)=C/C=C. The van der Waals surface area contributed by atoms with Gasteiger partial charge in [0.15, 0.2) is 0 Å². The van der Waals surface area contributed by atoms with Crippen molar-refractivity contribution in [2.45, 2.75) is 32.6 Å². The first-order valence-electron chi connectivity index (χ1n) is 10.6. The van der Waals surface area contributed by atoms with E-state index >= 15 is 0 Å². The summed E-state index contributed by atoms with van der Waals surface area (Å²) in [6.45, 7) is 15.0. The third-order valence-corrected chi connectivity index (χ3v) is 5.04. The Balaban J connectivity index is 2.66. The van der Waals surface area contributed by atoms with Crippen LogP contribution < -0.4 is 5.32 Å². The average Bonchev–Trinajstić information content (AvgIpc) is 3.20. The highest BCUT2D eigenvalue weighted by molar-refractivity contribution is 5.85. The van der Waals surface area contributed by atoms with Gasteiger partial charge < -0.3 is 15.0 Å². The lowest BCUT2D eigenvalue weighted by atomic mass is 9.92. The first-order valence-corrected chi connectivity index (χ1v) is 10.6. The van der Waals surface area contributed by atoms with Crippen LogP contribution in [0, 0.1) is 0 Å². The van der Waals surface area contributed by atoms with E-state index in [1.54, 1.807) is 19.3 Å². The molecular formula is C27H35N3O. The topological polar surface area (TPSA) is 49.9 Å². The molecule has 2 N–H and O–H groups in total. The van der Waals surface area contributed by atoms with Crippen molar-refractivity contribution in [3.63, 3.8) is 0 Å². The van der Waals surface area contributed by atoms with Crippen LogP contribution in [0.5, 0.6) is 0 Å². The van der Waals surface area contributed by atoms with Gasteiger partial charge in [-0.25, -0.2) is 4.98 Å². The number of imidazole rings is 1. The molecule has 0 aliphatic heterocycles. The van der Waals surface area contributed by atoms with Gasteiger partial charge in [0, 0.05) is 17.5 Å². The standard InChI is InChI=1S/C27H35N3O/c1-8-11-21(12-9-2)24-25(30-26(29-24)27(4,5)19-28-6)22(13-10-3)18-20-14-16-23(31-7)17-15-20/h8-14,16-18,28H,1,3,15,19H2,2,4-7H3,(H,29,30)/b12-9-,20-18-,21-11+,22-13+. The minimum atomic E-state index is -0.162. The number of aromatic nitrogens is 2. The van der Waals surface area contributed by atoms with Crippen LogP contribution in [0.2, 0.25) is 0 Å². The molecule has 31 heavy (non-hydrogen) atoms. The number of rotatable bonds is 10. The molecule has 1 heterocycles. The summed E-state index contributed by atoms with van der Waals surface area (Å²) in [5.74, 6) is 1.81. The van der Waals surface area contributed by atoms with Gasteiger partial charge in [-0.2, -0.15) is 0 Å². The van der Waals surface area contributed by atoms with Gasteiger partial charge in [0.05, 0.1) is 18.5 Å². The Morgan fingerprint density at radius 3 is 2.48 bits per heavy atom. The normalized spacial score (nSPS) is 16.7. The van der Waals surface area contributed by atoms with E-state index in [4.69, 9.17) is 9.72 Å². The highest BCUT2D eigenvalue weighted by Crippen LogP contribution is 2.31. The number of nitrogens with zero attached hydrogens (tertiary/aromatic N) is 1. The third-order valence-electron chi connectivity index (χ3n) is 5.04. The van der Waals surface area contributed by atoms with Crippen LogP contribution in [0.15, 0.2) is 85.3 Å². The molecule has 4 nitrogen and oxygen atoms in total. The zero-order valence-corrected chi connectivity index (χ0v) is 19.5. The maximum absolute atomic E-state index is 5.31. The van der Waals surface area contributed by atoms with Gasteiger partial charge in [-0.15, -0.1) is 0 Å². The van der Waals surface area contributed by atoms with Crippen LogP contribution in [0.4, 0.5) is 0 Å². The van der Waals surface area contributed by atoms with Crippen LogP contribution in [0.1, 0.15) is 44.4 Å². The van der Waals surface area contributed by atoms with Crippen molar-refractivity contribution in [3.05, 3.63) is 102 Å². The number of hydrogen-bond donors (Lipinski definition) is 2. The summed E-state index contributed by atoms with van der Waals surface area (Å²) in [6, 6.07) is 0.